The van der Waals surface area contributed by atoms with Gasteiger partial charge in [-0.25, -0.2) is 9.36 Å². The number of rotatable bonds is 3. The zero-order valence-electron chi connectivity index (χ0n) is 11.9. The van der Waals surface area contributed by atoms with E-state index in [1.54, 1.807) is 24.3 Å². The number of benzene rings is 2. The zero-order valence-corrected chi connectivity index (χ0v) is 12.8. The predicted molar refractivity (Wildman–Crippen MR) is 88.0 cm³/mol. The molecule has 0 saturated carbocycles. The van der Waals surface area contributed by atoms with Gasteiger partial charge in [-0.15, -0.1) is 0 Å². The van der Waals surface area contributed by atoms with Gasteiger partial charge in [0.2, 0.25) is 0 Å². The van der Waals surface area contributed by atoms with Gasteiger partial charge in [0, 0.05) is 11.0 Å². The highest BCUT2D eigenvalue weighted by Gasteiger charge is 2.07. The van der Waals surface area contributed by atoms with Gasteiger partial charge in [0.1, 0.15) is 0 Å². The molecule has 3 aromatic rings. The average molecular weight is 310 g/mol. The van der Waals surface area contributed by atoms with E-state index in [0.29, 0.717) is 10.7 Å². The Bertz CT molecular complexity index is 865. The number of aromatic nitrogens is 2. The van der Waals surface area contributed by atoms with Crippen molar-refractivity contribution < 1.29 is 0 Å². The first-order valence-electron chi connectivity index (χ1n) is 6.80. The largest absolute Gasteiger partial charge is 0.333 e. The van der Waals surface area contributed by atoms with Crippen molar-refractivity contribution in [2.45, 2.75) is 16.8 Å². The molecular formula is C17H14N2O2S. The fourth-order valence-corrected chi connectivity index (χ4v) is 2.91. The van der Waals surface area contributed by atoms with Crippen molar-refractivity contribution in [1.82, 2.24) is 9.55 Å². The van der Waals surface area contributed by atoms with Crippen molar-refractivity contribution in [2.75, 3.05) is 0 Å². The lowest BCUT2D eigenvalue weighted by Gasteiger charge is -2.06. The van der Waals surface area contributed by atoms with Crippen LogP contribution in [-0.4, -0.2) is 9.55 Å². The molecule has 0 aliphatic rings. The Balaban J connectivity index is 1.98. The van der Waals surface area contributed by atoms with Gasteiger partial charge in [0.15, 0.2) is 0 Å². The molecule has 110 valence electrons. The van der Waals surface area contributed by atoms with Crippen LogP contribution in [0.25, 0.3) is 5.69 Å². The molecule has 3 rings (SSSR count). The van der Waals surface area contributed by atoms with Gasteiger partial charge in [-0.3, -0.25) is 4.79 Å². The first-order valence-corrected chi connectivity index (χ1v) is 7.61. The SMILES string of the molecule is Cc1ccc(Sc2cc(=O)n(-c3ccccc3)c(=O)[nH]2)cc1. The van der Waals surface area contributed by atoms with Gasteiger partial charge in [0.25, 0.3) is 5.56 Å². The van der Waals surface area contributed by atoms with Crippen molar-refractivity contribution in [3.8, 4) is 5.69 Å². The van der Waals surface area contributed by atoms with Crippen LogP contribution in [0.2, 0.25) is 0 Å². The summed E-state index contributed by atoms with van der Waals surface area (Å²) >= 11 is 1.36. The van der Waals surface area contributed by atoms with Crippen molar-refractivity contribution in [3.05, 3.63) is 87.1 Å². The van der Waals surface area contributed by atoms with Gasteiger partial charge < -0.3 is 4.98 Å². The zero-order chi connectivity index (χ0) is 15.5. The minimum Gasteiger partial charge on any atom is -0.301 e. The molecule has 0 atom stereocenters. The van der Waals surface area contributed by atoms with Crippen LogP contribution in [0.15, 0.2) is 80.2 Å². The van der Waals surface area contributed by atoms with E-state index in [9.17, 15) is 9.59 Å². The maximum Gasteiger partial charge on any atom is 0.333 e. The summed E-state index contributed by atoms with van der Waals surface area (Å²) in [6.07, 6.45) is 0. The Kier molecular flexibility index (Phi) is 3.98. The van der Waals surface area contributed by atoms with E-state index in [4.69, 9.17) is 0 Å². The Hall–Kier alpha value is -2.53. The summed E-state index contributed by atoms with van der Waals surface area (Å²) in [5, 5.41) is 0.533. The second-order valence-electron chi connectivity index (χ2n) is 4.86. The summed E-state index contributed by atoms with van der Waals surface area (Å²) in [6, 6.07) is 18.2. The predicted octanol–water partition coefficient (Wildman–Crippen LogP) is 2.99. The van der Waals surface area contributed by atoms with E-state index in [0.717, 1.165) is 15.0 Å². The molecular weight excluding hydrogens is 296 g/mol. The summed E-state index contributed by atoms with van der Waals surface area (Å²) in [5.74, 6) is 0. The van der Waals surface area contributed by atoms with Gasteiger partial charge in [-0.05, 0) is 31.2 Å². The summed E-state index contributed by atoms with van der Waals surface area (Å²) in [5.41, 5.74) is 0.941. The lowest BCUT2D eigenvalue weighted by Crippen LogP contribution is -2.33. The number of aryl methyl sites for hydroxylation is 1. The minimum absolute atomic E-state index is 0.343. The molecule has 0 amide bonds. The van der Waals surface area contributed by atoms with E-state index in [-0.39, 0.29) is 5.56 Å². The molecule has 0 fully saturated rings. The number of aromatic amines is 1. The highest BCUT2D eigenvalue weighted by Crippen LogP contribution is 2.24. The number of hydrogen-bond donors (Lipinski definition) is 1. The molecule has 0 bridgehead atoms. The molecule has 0 saturated heterocycles. The Morgan fingerprint density at radius 1 is 0.955 bits per heavy atom. The standard InChI is InChI=1S/C17H14N2O2S/c1-12-7-9-14(10-8-12)22-15-11-16(20)19(17(21)18-15)13-5-3-2-4-6-13/h2-11H,1H3,(H,18,21). The third kappa shape index (κ3) is 3.04. The molecule has 0 spiro atoms. The lowest BCUT2D eigenvalue weighted by molar-refractivity contribution is 0.832. The molecule has 0 radical (unpaired) electrons. The molecule has 1 N–H and O–H groups in total. The molecule has 0 aliphatic heterocycles. The first-order chi connectivity index (χ1) is 10.6. The van der Waals surface area contributed by atoms with E-state index < -0.39 is 5.69 Å². The van der Waals surface area contributed by atoms with Crippen molar-refractivity contribution in [2.24, 2.45) is 0 Å². The Morgan fingerprint density at radius 3 is 2.27 bits per heavy atom. The van der Waals surface area contributed by atoms with E-state index >= 15 is 0 Å². The number of nitrogens with one attached hydrogen (secondary N) is 1. The Labute approximate surface area is 131 Å². The molecule has 1 aromatic heterocycles. The average Bonchev–Trinajstić information content (AvgIpc) is 2.50. The van der Waals surface area contributed by atoms with Gasteiger partial charge >= 0.3 is 5.69 Å². The van der Waals surface area contributed by atoms with Crippen LogP contribution < -0.4 is 11.2 Å². The maximum atomic E-state index is 12.2. The van der Waals surface area contributed by atoms with Crippen LogP contribution in [0.4, 0.5) is 0 Å². The van der Waals surface area contributed by atoms with Crippen LogP contribution in [-0.2, 0) is 0 Å². The maximum absolute atomic E-state index is 12.2. The Morgan fingerprint density at radius 2 is 1.64 bits per heavy atom. The van der Waals surface area contributed by atoms with Crippen molar-refractivity contribution in [1.29, 1.82) is 0 Å². The number of H-pyrrole nitrogens is 1. The van der Waals surface area contributed by atoms with Crippen molar-refractivity contribution in [3.63, 3.8) is 0 Å². The topological polar surface area (TPSA) is 54.9 Å². The normalized spacial score (nSPS) is 10.6. The molecule has 2 aromatic carbocycles. The number of hydrogen-bond acceptors (Lipinski definition) is 3. The minimum atomic E-state index is -0.437. The fraction of sp³-hybridized carbons (Fsp3) is 0.0588. The molecule has 22 heavy (non-hydrogen) atoms. The van der Waals surface area contributed by atoms with Gasteiger partial charge in [-0.1, -0.05) is 47.7 Å². The third-order valence-electron chi connectivity index (χ3n) is 3.17. The second-order valence-corrected chi connectivity index (χ2v) is 5.98. The highest BCUT2D eigenvalue weighted by molar-refractivity contribution is 7.99. The van der Waals surface area contributed by atoms with Crippen LogP contribution in [0.3, 0.4) is 0 Å². The van der Waals surface area contributed by atoms with Crippen LogP contribution >= 0.6 is 11.8 Å². The van der Waals surface area contributed by atoms with E-state index in [1.165, 1.54) is 17.8 Å². The highest BCUT2D eigenvalue weighted by atomic mass is 32.2. The first kappa shape index (κ1) is 14.4. The van der Waals surface area contributed by atoms with Crippen molar-refractivity contribution >= 4 is 11.8 Å². The number of nitrogens with zero attached hydrogens (tertiary/aromatic N) is 1. The smallest absolute Gasteiger partial charge is 0.301 e. The van der Waals surface area contributed by atoms with Crippen LogP contribution in [0.5, 0.6) is 0 Å². The van der Waals surface area contributed by atoms with Gasteiger partial charge in [0.05, 0.1) is 10.7 Å². The summed E-state index contributed by atoms with van der Waals surface area (Å²) in [6.45, 7) is 2.01. The second kappa shape index (κ2) is 6.07. The molecule has 0 unspecified atom stereocenters. The van der Waals surface area contributed by atoms with Crippen LogP contribution in [0.1, 0.15) is 5.56 Å². The van der Waals surface area contributed by atoms with E-state index in [2.05, 4.69) is 4.98 Å². The quantitative estimate of drug-likeness (QED) is 0.757. The molecule has 5 heteroatoms. The molecule has 1 heterocycles. The lowest BCUT2D eigenvalue weighted by atomic mass is 10.2. The molecule has 0 aliphatic carbocycles. The van der Waals surface area contributed by atoms with Gasteiger partial charge in [-0.2, -0.15) is 0 Å². The molecule has 4 nitrogen and oxygen atoms in total. The summed E-state index contributed by atoms with van der Waals surface area (Å²) < 4.78 is 1.12. The summed E-state index contributed by atoms with van der Waals surface area (Å²) in [7, 11) is 0. The van der Waals surface area contributed by atoms with E-state index in [1.807, 2.05) is 37.3 Å². The summed E-state index contributed by atoms with van der Waals surface area (Å²) in [4.78, 5) is 28.2. The fourth-order valence-electron chi connectivity index (χ4n) is 2.08. The monoisotopic (exact) mass is 310 g/mol. The number of para-hydroxylation sites is 1. The van der Waals surface area contributed by atoms with Crippen LogP contribution in [0, 0.1) is 6.92 Å². The third-order valence-corrected chi connectivity index (χ3v) is 4.12.